The summed E-state index contributed by atoms with van der Waals surface area (Å²) in [6.07, 6.45) is 0.237. The third-order valence-corrected chi connectivity index (χ3v) is 3.78. The third kappa shape index (κ3) is 2.40. The number of aryl methyl sites for hydroxylation is 1. The summed E-state index contributed by atoms with van der Waals surface area (Å²) >= 11 is 0. The van der Waals surface area contributed by atoms with Gasteiger partial charge in [0.15, 0.2) is 0 Å². The smallest absolute Gasteiger partial charge is 0.138 e. The average Bonchev–Trinajstić information content (AvgIpc) is 2.75. The number of aliphatic hydroxyl groups excluding tert-OH is 1. The quantitative estimate of drug-likeness (QED) is 0.796. The molecule has 0 bridgehead atoms. The molecule has 0 amide bonds. The summed E-state index contributed by atoms with van der Waals surface area (Å²) in [5.74, 6) is 0.184. The van der Waals surface area contributed by atoms with Crippen molar-refractivity contribution in [3.05, 3.63) is 58.9 Å². The van der Waals surface area contributed by atoms with Gasteiger partial charge in [-0.2, -0.15) is 0 Å². The zero-order chi connectivity index (χ0) is 14.1. The molecule has 2 atom stereocenters. The zero-order valence-corrected chi connectivity index (χ0v) is 11.4. The van der Waals surface area contributed by atoms with Crippen LogP contribution in [0.5, 0.6) is 5.75 Å². The first-order valence-electron chi connectivity index (χ1n) is 6.80. The van der Waals surface area contributed by atoms with Crippen molar-refractivity contribution in [3.63, 3.8) is 0 Å². The van der Waals surface area contributed by atoms with Gasteiger partial charge < -0.3 is 15.5 Å². The largest absolute Gasteiger partial charge is 0.506 e. The van der Waals surface area contributed by atoms with Crippen LogP contribution in [0.25, 0.3) is 0 Å². The number of benzene rings is 1. The van der Waals surface area contributed by atoms with E-state index in [2.05, 4.69) is 10.3 Å². The van der Waals surface area contributed by atoms with Crippen LogP contribution in [0.4, 0.5) is 0 Å². The number of aromatic hydroxyl groups is 1. The minimum absolute atomic E-state index is 0.104. The highest BCUT2D eigenvalue weighted by molar-refractivity contribution is 5.36. The minimum atomic E-state index is -0.431. The van der Waals surface area contributed by atoms with Crippen LogP contribution in [0.2, 0.25) is 0 Å². The molecule has 4 heteroatoms. The minimum Gasteiger partial charge on any atom is -0.506 e. The van der Waals surface area contributed by atoms with Crippen LogP contribution in [0.15, 0.2) is 36.4 Å². The first-order valence-corrected chi connectivity index (χ1v) is 6.80. The van der Waals surface area contributed by atoms with Gasteiger partial charge in [-0.3, -0.25) is 4.98 Å². The standard InChI is InChI=1S/C16H18N2O2/c1-10-6-7-14(19)13(18-10)9-17-16-12-5-3-2-4-11(12)8-15(16)20/h2-7,15-17,19-20H,8-9H2,1H3. The molecule has 0 fully saturated rings. The lowest BCUT2D eigenvalue weighted by Gasteiger charge is -2.18. The molecule has 20 heavy (non-hydrogen) atoms. The van der Waals surface area contributed by atoms with Crippen molar-refractivity contribution in [2.24, 2.45) is 0 Å². The Morgan fingerprint density at radius 2 is 2.05 bits per heavy atom. The van der Waals surface area contributed by atoms with Crippen molar-refractivity contribution in [3.8, 4) is 5.75 Å². The van der Waals surface area contributed by atoms with E-state index in [1.807, 2.05) is 31.2 Å². The van der Waals surface area contributed by atoms with Crippen LogP contribution in [0, 0.1) is 6.92 Å². The van der Waals surface area contributed by atoms with Crippen LogP contribution in [-0.2, 0) is 13.0 Å². The molecule has 0 aliphatic heterocycles. The highest BCUT2D eigenvalue weighted by atomic mass is 16.3. The second kappa shape index (κ2) is 5.23. The second-order valence-electron chi connectivity index (χ2n) is 5.25. The Bertz CT molecular complexity index is 628. The fraction of sp³-hybridized carbons (Fsp3) is 0.312. The van der Waals surface area contributed by atoms with E-state index in [0.717, 1.165) is 11.3 Å². The molecule has 1 aliphatic rings. The molecule has 1 aromatic heterocycles. The highest BCUT2D eigenvalue weighted by Crippen LogP contribution is 2.31. The van der Waals surface area contributed by atoms with Crippen LogP contribution in [-0.4, -0.2) is 21.3 Å². The van der Waals surface area contributed by atoms with Crippen molar-refractivity contribution < 1.29 is 10.2 Å². The number of hydrogen-bond donors (Lipinski definition) is 3. The lowest BCUT2D eigenvalue weighted by molar-refractivity contribution is 0.140. The molecular weight excluding hydrogens is 252 g/mol. The Hall–Kier alpha value is -1.91. The molecule has 1 heterocycles. The van der Waals surface area contributed by atoms with Gasteiger partial charge in [0.2, 0.25) is 0 Å². The van der Waals surface area contributed by atoms with Gasteiger partial charge in [-0.1, -0.05) is 24.3 Å². The Labute approximate surface area is 118 Å². The Morgan fingerprint density at radius 3 is 2.90 bits per heavy atom. The van der Waals surface area contributed by atoms with Gasteiger partial charge in [0.25, 0.3) is 0 Å². The molecule has 2 aromatic rings. The number of fused-ring (bicyclic) bond motifs is 1. The molecule has 3 rings (SSSR count). The maximum absolute atomic E-state index is 10.2. The molecule has 4 nitrogen and oxygen atoms in total. The number of nitrogens with zero attached hydrogens (tertiary/aromatic N) is 1. The Morgan fingerprint density at radius 1 is 1.25 bits per heavy atom. The molecule has 1 aliphatic carbocycles. The van der Waals surface area contributed by atoms with Gasteiger partial charge >= 0.3 is 0 Å². The second-order valence-corrected chi connectivity index (χ2v) is 5.25. The first-order chi connectivity index (χ1) is 9.65. The molecular formula is C16H18N2O2. The molecule has 3 N–H and O–H groups in total. The lowest BCUT2D eigenvalue weighted by atomic mass is 10.1. The van der Waals surface area contributed by atoms with Crippen molar-refractivity contribution in [2.75, 3.05) is 0 Å². The van der Waals surface area contributed by atoms with Crippen LogP contribution < -0.4 is 5.32 Å². The summed E-state index contributed by atoms with van der Waals surface area (Å²) in [7, 11) is 0. The number of aromatic nitrogens is 1. The van der Waals surface area contributed by atoms with E-state index in [1.54, 1.807) is 12.1 Å². The van der Waals surface area contributed by atoms with Crippen molar-refractivity contribution in [1.82, 2.24) is 10.3 Å². The van der Waals surface area contributed by atoms with Crippen LogP contribution in [0.1, 0.15) is 28.6 Å². The predicted octanol–water partition coefficient (Wildman–Crippen LogP) is 1.84. The summed E-state index contributed by atoms with van der Waals surface area (Å²) < 4.78 is 0. The normalized spacial score (nSPS) is 20.9. The molecule has 0 spiro atoms. The van der Waals surface area contributed by atoms with E-state index in [4.69, 9.17) is 0 Å². The number of rotatable bonds is 3. The topological polar surface area (TPSA) is 65.4 Å². The van der Waals surface area contributed by atoms with Gasteiger partial charge in [0, 0.05) is 18.7 Å². The summed E-state index contributed by atoms with van der Waals surface area (Å²) in [6, 6.07) is 11.4. The van der Waals surface area contributed by atoms with Gasteiger partial charge in [-0.05, 0) is 30.2 Å². The van der Waals surface area contributed by atoms with E-state index in [1.165, 1.54) is 5.56 Å². The Kier molecular flexibility index (Phi) is 3.42. The third-order valence-electron chi connectivity index (χ3n) is 3.78. The Balaban J connectivity index is 1.77. The molecule has 2 unspecified atom stereocenters. The molecule has 104 valence electrons. The average molecular weight is 270 g/mol. The first kappa shape index (κ1) is 13.1. The van der Waals surface area contributed by atoms with Crippen molar-refractivity contribution in [2.45, 2.75) is 32.0 Å². The predicted molar refractivity (Wildman–Crippen MR) is 76.4 cm³/mol. The molecule has 0 saturated carbocycles. The maximum atomic E-state index is 10.2. The zero-order valence-electron chi connectivity index (χ0n) is 11.4. The van der Waals surface area contributed by atoms with Crippen molar-refractivity contribution >= 4 is 0 Å². The fourth-order valence-corrected chi connectivity index (χ4v) is 2.76. The van der Waals surface area contributed by atoms with Gasteiger partial charge in [-0.25, -0.2) is 0 Å². The lowest BCUT2D eigenvalue weighted by Crippen LogP contribution is -2.28. The fourth-order valence-electron chi connectivity index (χ4n) is 2.76. The van der Waals surface area contributed by atoms with E-state index in [-0.39, 0.29) is 11.8 Å². The van der Waals surface area contributed by atoms with Crippen LogP contribution in [0.3, 0.4) is 0 Å². The van der Waals surface area contributed by atoms with Gasteiger partial charge in [0.1, 0.15) is 5.75 Å². The SMILES string of the molecule is Cc1ccc(O)c(CNC2c3ccccc3CC2O)n1. The monoisotopic (exact) mass is 270 g/mol. The summed E-state index contributed by atoms with van der Waals surface area (Å²) in [5, 5.41) is 23.3. The van der Waals surface area contributed by atoms with Gasteiger partial charge in [0.05, 0.1) is 17.8 Å². The highest BCUT2D eigenvalue weighted by Gasteiger charge is 2.30. The molecule has 0 saturated heterocycles. The summed E-state index contributed by atoms with van der Waals surface area (Å²) in [6.45, 7) is 2.33. The number of nitrogens with one attached hydrogen (secondary N) is 1. The van der Waals surface area contributed by atoms with Crippen LogP contribution >= 0.6 is 0 Å². The maximum Gasteiger partial charge on any atom is 0.138 e. The van der Waals surface area contributed by atoms with E-state index in [9.17, 15) is 10.2 Å². The summed E-state index contributed by atoms with van der Waals surface area (Å²) in [4.78, 5) is 4.32. The van der Waals surface area contributed by atoms with E-state index >= 15 is 0 Å². The van der Waals surface area contributed by atoms with E-state index < -0.39 is 6.10 Å². The number of hydrogen-bond acceptors (Lipinski definition) is 4. The van der Waals surface area contributed by atoms with Gasteiger partial charge in [-0.15, -0.1) is 0 Å². The summed E-state index contributed by atoms with van der Waals surface area (Å²) in [5.41, 5.74) is 3.79. The van der Waals surface area contributed by atoms with E-state index in [0.29, 0.717) is 18.7 Å². The number of aliphatic hydroxyl groups is 1. The molecule has 0 radical (unpaired) electrons. The number of pyridine rings is 1. The van der Waals surface area contributed by atoms with Crippen molar-refractivity contribution in [1.29, 1.82) is 0 Å². The molecule has 1 aromatic carbocycles.